The maximum absolute atomic E-state index is 8.79. The van der Waals surface area contributed by atoms with Gasteiger partial charge in [-0.1, -0.05) is 24.6 Å². The third kappa shape index (κ3) is 3.26. The molecule has 0 aliphatic heterocycles. The van der Waals surface area contributed by atoms with E-state index in [4.69, 9.17) is 9.94 Å². The Hall–Kier alpha value is -1.51. The van der Waals surface area contributed by atoms with E-state index >= 15 is 0 Å². The fourth-order valence-electron chi connectivity index (χ4n) is 1.43. The van der Waals surface area contributed by atoms with Gasteiger partial charge in [0.25, 0.3) is 0 Å². The summed E-state index contributed by atoms with van der Waals surface area (Å²) >= 11 is 0. The van der Waals surface area contributed by atoms with Crippen LogP contribution in [-0.2, 0) is 0 Å². The van der Waals surface area contributed by atoms with Crippen molar-refractivity contribution in [2.45, 2.75) is 33.6 Å². The van der Waals surface area contributed by atoms with Crippen LogP contribution in [0.25, 0.3) is 0 Å². The van der Waals surface area contributed by atoms with Crippen molar-refractivity contribution >= 4 is 5.71 Å². The summed E-state index contributed by atoms with van der Waals surface area (Å²) in [4.78, 5) is 0. The zero-order valence-electron chi connectivity index (χ0n) is 10.2. The molecule has 0 aliphatic carbocycles. The summed E-state index contributed by atoms with van der Waals surface area (Å²) in [6.45, 7) is 6.60. The van der Waals surface area contributed by atoms with E-state index in [-0.39, 0.29) is 0 Å². The quantitative estimate of drug-likeness (QED) is 0.358. The first-order valence-electron chi connectivity index (χ1n) is 5.61. The number of nitrogens with zero attached hydrogens (tertiary/aromatic N) is 1. The highest BCUT2D eigenvalue weighted by atomic mass is 16.5. The normalized spacial score (nSPS) is 11.6. The number of unbranched alkanes of at least 4 members (excludes halogenated alkanes) is 1. The topological polar surface area (TPSA) is 41.8 Å². The molecule has 0 aromatic heterocycles. The van der Waals surface area contributed by atoms with Crippen LogP contribution in [0.3, 0.4) is 0 Å². The lowest BCUT2D eigenvalue weighted by Crippen LogP contribution is -2.03. The molecule has 16 heavy (non-hydrogen) atoms. The van der Waals surface area contributed by atoms with Crippen LogP contribution in [0.4, 0.5) is 0 Å². The minimum absolute atomic E-state index is 0.575. The number of hydrogen-bond donors (Lipinski definition) is 1. The van der Waals surface area contributed by atoms with E-state index in [0.29, 0.717) is 12.3 Å². The average Bonchev–Trinajstić information content (AvgIpc) is 2.29. The van der Waals surface area contributed by atoms with Gasteiger partial charge >= 0.3 is 0 Å². The van der Waals surface area contributed by atoms with Crippen molar-refractivity contribution in [3.05, 3.63) is 29.3 Å². The number of hydrogen-bond acceptors (Lipinski definition) is 3. The lowest BCUT2D eigenvalue weighted by Gasteiger charge is -2.11. The Bertz CT molecular complexity index is 372. The van der Waals surface area contributed by atoms with Gasteiger partial charge < -0.3 is 9.94 Å². The minimum Gasteiger partial charge on any atom is -0.493 e. The van der Waals surface area contributed by atoms with E-state index in [1.807, 2.05) is 25.1 Å². The minimum atomic E-state index is 0.575. The molecule has 0 saturated carbocycles. The maximum Gasteiger partial charge on any atom is 0.128 e. The van der Waals surface area contributed by atoms with Crippen molar-refractivity contribution in [2.24, 2.45) is 5.16 Å². The van der Waals surface area contributed by atoms with Gasteiger partial charge in [0.1, 0.15) is 5.75 Å². The first-order chi connectivity index (χ1) is 7.69. The summed E-state index contributed by atoms with van der Waals surface area (Å²) in [6, 6.07) is 5.88. The number of benzene rings is 1. The molecule has 1 aromatic rings. The maximum atomic E-state index is 8.79. The molecule has 1 aromatic carbocycles. The Morgan fingerprint density at radius 3 is 2.81 bits per heavy atom. The van der Waals surface area contributed by atoms with Crippen LogP contribution in [0.2, 0.25) is 0 Å². The Labute approximate surface area is 96.7 Å². The summed E-state index contributed by atoms with van der Waals surface area (Å²) in [5, 5.41) is 12.0. The third-order valence-corrected chi connectivity index (χ3v) is 2.43. The zero-order chi connectivity index (χ0) is 12.0. The lowest BCUT2D eigenvalue weighted by molar-refractivity contribution is 0.306. The van der Waals surface area contributed by atoms with Gasteiger partial charge in [0, 0.05) is 5.56 Å². The molecule has 1 N–H and O–H groups in total. The van der Waals surface area contributed by atoms with Crippen molar-refractivity contribution in [1.82, 2.24) is 0 Å². The van der Waals surface area contributed by atoms with Crippen LogP contribution in [0, 0.1) is 6.92 Å². The van der Waals surface area contributed by atoms with Crippen LogP contribution in [0.5, 0.6) is 5.75 Å². The Kier molecular flexibility index (Phi) is 4.83. The smallest absolute Gasteiger partial charge is 0.128 e. The molecule has 0 amide bonds. The van der Waals surface area contributed by atoms with Crippen LogP contribution in [-0.4, -0.2) is 17.5 Å². The predicted molar refractivity (Wildman–Crippen MR) is 65.6 cm³/mol. The summed E-state index contributed by atoms with van der Waals surface area (Å²) in [5.74, 6) is 0.795. The summed E-state index contributed by atoms with van der Waals surface area (Å²) in [5.41, 5.74) is 2.57. The molecule has 3 heteroatoms. The SMILES string of the molecule is CCCCOc1cc(C)ccc1/C(C)=N/O. The molecular formula is C13H19NO2. The second-order valence-electron chi connectivity index (χ2n) is 3.89. The van der Waals surface area contributed by atoms with Gasteiger partial charge in [-0.25, -0.2) is 0 Å². The molecule has 88 valence electrons. The third-order valence-electron chi connectivity index (χ3n) is 2.43. The van der Waals surface area contributed by atoms with Crippen LogP contribution in [0.15, 0.2) is 23.4 Å². The number of ether oxygens (including phenoxy) is 1. The molecule has 0 fully saturated rings. The number of oxime groups is 1. The van der Waals surface area contributed by atoms with Crippen molar-refractivity contribution in [3.63, 3.8) is 0 Å². The summed E-state index contributed by atoms with van der Waals surface area (Å²) < 4.78 is 5.69. The fourth-order valence-corrected chi connectivity index (χ4v) is 1.43. The zero-order valence-corrected chi connectivity index (χ0v) is 10.2. The Morgan fingerprint density at radius 2 is 2.19 bits per heavy atom. The molecule has 0 spiro atoms. The molecular weight excluding hydrogens is 202 g/mol. The van der Waals surface area contributed by atoms with Gasteiger partial charge in [0.05, 0.1) is 12.3 Å². The summed E-state index contributed by atoms with van der Waals surface area (Å²) in [7, 11) is 0. The van der Waals surface area contributed by atoms with E-state index in [0.717, 1.165) is 29.7 Å². The van der Waals surface area contributed by atoms with Crippen LogP contribution < -0.4 is 4.74 Å². The predicted octanol–water partition coefficient (Wildman–Crippen LogP) is 3.37. The average molecular weight is 221 g/mol. The van der Waals surface area contributed by atoms with Gasteiger partial charge in [0.15, 0.2) is 0 Å². The number of aryl methyl sites for hydroxylation is 1. The Balaban J connectivity index is 2.90. The van der Waals surface area contributed by atoms with Gasteiger partial charge in [-0.15, -0.1) is 0 Å². The molecule has 0 unspecified atom stereocenters. The van der Waals surface area contributed by atoms with Gasteiger partial charge in [-0.05, 0) is 38.0 Å². The highest BCUT2D eigenvalue weighted by molar-refractivity contribution is 6.00. The molecule has 0 aliphatic rings. The van der Waals surface area contributed by atoms with Gasteiger partial charge in [-0.3, -0.25) is 0 Å². The second kappa shape index (κ2) is 6.16. The first kappa shape index (κ1) is 12.6. The molecule has 0 radical (unpaired) electrons. The van der Waals surface area contributed by atoms with E-state index in [1.165, 1.54) is 0 Å². The van der Waals surface area contributed by atoms with E-state index < -0.39 is 0 Å². The van der Waals surface area contributed by atoms with Crippen molar-refractivity contribution < 1.29 is 9.94 Å². The van der Waals surface area contributed by atoms with E-state index in [2.05, 4.69) is 12.1 Å². The van der Waals surface area contributed by atoms with Crippen molar-refractivity contribution in [2.75, 3.05) is 6.61 Å². The molecule has 0 bridgehead atoms. The highest BCUT2D eigenvalue weighted by Gasteiger charge is 2.07. The molecule has 1 rings (SSSR count). The molecule has 3 nitrogen and oxygen atoms in total. The largest absolute Gasteiger partial charge is 0.493 e. The van der Waals surface area contributed by atoms with Crippen molar-refractivity contribution in [1.29, 1.82) is 0 Å². The van der Waals surface area contributed by atoms with Gasteiger partial charge in [0.2, 0.25) is 0 Å². The van der Waals surface area contributed by atoms with Gasteiger partial charge in [-0.2, -0.15) is 0 Å². The van der Waals surface area contributed by atoms with E-state index in [9.17, 15) is 0 Å². The fraction of sp³-hybridized carbons (Fsp3) is 0.462. The second-order valence-corrected chi connectivity index (χ2v) is 3.89. The standard InChI is InChI=1S/C13H19NO2/c1-4-5-8-16-13-9-10(2)6-7-12(13)11(3)14-15/h6-7,9,15H,4-5,8H2,1-3H3/b14-11+. The van der Waals surface area contributed by atoms with Crippen LogP contribution in [0.1, 0.15) is 37.8 Å². The van der Waals surface area contributed by atoms with Crippen LogP contribution >= 0.6 is 0 Å². The van der Waals surface area contributed by atoms with Crippen molar-refractivity contribution in [3.8, 4) is 5.75 Å². The Morgan fingerprint density at radius 1 is 1.44 bits per heavy atom. The van der Waals surface area contributed by atoms with E-state index in [1.54, 1.807) is 6.92 Å². The molecule has 0 heterocycles. The highest BCUT2D eigenvalue weighted by Crippen LogP contribution is 2.21. The first-order valence-corrected chi connectivity index (χ1v) is 5.61. The summed E-state index contributed by atoms with van der Waals surface area (Å²) in [6.07, 6.45) is 2.14. The lowest BCUT2D eigenvalue weighted by atomic mass is 10.1. The number of rotatable bonds is 5. The molecule has 0 atom stereocenters. The monoisotopic (exact) mass is 221 g/mol. The molecule has 0 saturated heterocycles.